The fraction of sp³-hybridized carbons (Fsp3) is 0.500. The predicted octanol–water partition coefficient (Wildman–Crippen LogP) is 2.17. The van der Waals surface area contributed by atoms with E-state index < -0.39 is 5.97 Å². The maximum Gasteiger partial charge on any atom is 0.360 e. The van der Waals surface area contributed by atoms with Crippen LogP contribution in [0.2, 0.25) is 0 Å². The summed E-state index contributed by atoms with van der Waals surface area (Å²) < 4.78 is 6.54. The molecule has 0 aliphatic carbocycles. The first-order valence-corrected chi connectivity index (χ1v) is 8.24. The minimum absolute atomic E-state index is 0.250. The third-order valence-corrected chi connectivity index (χ3v) is 4.41. The van der Waals surface area contributed by atoms with Crippen molar-refractivity contribution in [2.24, 2.45) is 0 Å². The number of thiazole rings is 1. The molecule has 0 N–H and O–H groups in total. The van der Waals surface area contributed by atoms with Crippen LogP contribution in [0.4, 0.5) is 0 Å². The number of hydrogen-bond acceptors (Lipinski definition) is 7. The van der Waals surface area contributed by atoms with Crippen LogP contribution >= 0.6 is 23.1 Å². The lowest BCUT2D eigenvalue weighted by molar-refractivity contribution is 0.0595. The maximum atomic E-state index is 11.9. The first-order chi connectivity index (χ1) is 9.58. The zero-order valence-electron chi connectivity index (χ0n) is 11.8. The molecular formula is C12H16N4O2S2. The number of esters is 1. The summed E-state index contributed by atoms with van der Waals surface area (Å²) in [5.41, 5.74) is 1.83. The number of thioether (sulfide) groups is 1. The van der Waals surface area contributed by atoms with Gasteiger partial charge in [0.2, 0.25) is 0 Å². The number of aryl methyl sites for hydroxylation is 3. The van der Waals surface area contributed by atoms with Crippen molar-refractivity contribution in [3.05, 3.63) is 16.4 Å². The van der Waals surface area contributed by atoms with Crippen LogP contribution in [0, 0.1) is 13.8 Å². The molecule has 0 unspecified atom stereocenters. The lowest BCUT2D eigenvalue weighted by atomic mass is 10.2. The van der Waals surface area contributed by atoms with Crippen LogP contribution in [-0.4, -0.2) is 45.1 Å². The van der Waals surface area contributed by atoms with Crippen LogP contribution in [0.1, 0.15) is 21.2 Å². The lowest BCUT2D eigenvalue weighted by Crippen LogP contribution is -2.07. The van der Waals surface area contributed by atoms with Crippen molar-refractivity contribution in [2.75, 3.05) is 19.1 Å². The Morgan fingerprint density at radius 3 is 2.75 bits per heavy atom. The highest BCUT2D eigenvalue weighted by molar-refractivity contribution is 7.98. The summed E-state index contributed by atoms with van der Waals surface area (Å²) in [6.07, 6.45) is 2.03. The minimum Gasteiger partial charge on any atom is -0.464 e. The topological polar surface area (TPSA) is 69.9 Å². The predicted molar refractivity (Wildman–Crippen MR) is 80.3 cm³/mol. The van der Waals surface area contributed by atoms with E-state index in [2.05, 4.69) is 15.3 Å². The van der Waals surface area contributed by atoms with Gasteiger partial charge in [0.15, 0.2) is 5.69 Å². The van der Waals surface area contributed by atoms with Gasteiger partial charge in [-0.1, -0.05) is 5.21 Å². The van der Waals surface area contributed by atoms with E-state index in [1.54, 1.807) is 16.4 Å². The number of ether oxygens (including phenoxy) is 1. The second-order valence-corrected chi connectivity index (χ2v) is 6.33. The highest BCUT2D eigenvalue weighted by Crippen LogP contribution is 2.31. The molecule has 2 rings (SSSR count). The van der Waals surface area contributed by atoms with Gasteiger partial charge in [-0.25, -0.2) is 14.5 Å². The molecule has 2 aromatic heterocycles. The Labute approximate surface area is 125 Å². The van der Waals surface area contributed by atoms with Gasteiger partial charge in [0.05, 0.1) is 29.2 Å². The smallest absolute Gasteiger partial charge is 0.360 e. The monoisotopic (exact) mass is 312 g/mol. The Kier molecular flexibility index (Phi) is 4.77. The molecule has 0 amide bonds. The molecule has 0 aliphatic heterocycles. The van der Waals surface area contributed by atoms with E-state index in [9.17, 15) is 4.79 Å². The third-order valence-electron chi connectivity index (χ3n) is 2.74. The van der Waals surface area contributed by atoms with Gasteiger partial charge < -0.3 is 4.74 Å². The van der Waals surface area contributed by atoms with Crippen LogP contribution < -0.4 is 0 Å². The summed E-state index contributed by atoms with van der Waals surface area (Å²) in [4.78, 5) is 17.2. The Hall–Kier alpha value is -1.41. The van der Waals surface area contributed by atoms with Gasteiger partial charge in [-0.05, 0) is 20.1 Å². The van der Waals surface area contributed by atoms with E-state index in [0.717, 1.165) is 21.3 Å². The Bertz CT molecular complexity index is 621. The summed E-state index contributed by atoms with van der Waals surface area (Å²) in [5.74, 6) is 0.425. The number of carbonyl (C=O) groups excluding carboxylic acids is 1. The average Bonchev–Trinajstić information content (AvgIpc) is 2.98. The normalized spacial score (nSPS) is 10.8. The average molecular weight is 312 g/mol. The summed E-state index contributed by atoms with van der Waals surface area (Å²) in [6.45, 7) is 4.55. The second-order valence-electron chi connectivity index (χ2n) is 4.14. The van der Waals surface area contributed by atoms with Crippen molar-refractivity contribution in [1.29, 1.82) is 0 Å². The van der Waals surface area contributed by atoms with Gasteiger partial charge in [0, 0.05) is 5.75 Å². The van der Waals surface area contributed by atoms with Crippen molar-refractivity contribution in [3.8, 4) is 10.6 Å². The lowest BCUT2D eigenvalue weighted by Gasteiger charge is -2.05. The van der Waals surface area contributed by atoms with Crippen LogP contribution in [0.5, 0.6) is 0 Å². The molecule has 0 aliphatic rings. The van der Waals surface area contributed by atoms with Crippen LogP contribution in [0.15, 0.2) is 0 Å². The maximum absolute atomic E-state index is 11.9. The highest BCUT2D eigenvalue weighted by Gasteiger charge is 2.24. The molecule has 0 atom stereocenters. The van der Waals surface area contributed by atoms with Crippen LogP contribution in [0.25, 0.3) is 10.6 Å². The SMILES string of the molecule is COC(=O)c1nnn(CCSC)c1-c1sc(C)nc1C. The minimum atomic E-state index is -0.471. The highest BCUT2D eigenvalue weighted by atomic mass is 32.2. The van der Waals surface area contributed by atoms with E-state index in [-0.39, 0.29) is 5.69 Å². The van der Waals surface area contributed by atoms with Crippen molar-refractivity contribution in [1.82, 2.24) is 20.0 Å². The van der Waals surface area contributed by atoms with Gasteiger partial charge in [-0.3, -0.25) is 0 Å². The number of hydrogen-bond donors (Lipinski definition) is 0. The molecule has 0 spiro atoms. The first kappa shape index (κ1) is 15.0. The van der Waals surface area contributed by atoms with Crippen molar-refractivity contribution in [3.63, 3.8) is 0 Å². The summed E-state index contributed by atoms with van der Waals surface area (Å²) in [6, 6.07) is 0. The van der Waals surface area contributed by atoms with Gasteiger partial charge in [0.25, 0.3) is 0 Å². The molecule has 0 saturated carbocycles. The molecule has 108 valence electrons. The fourth-order valence-corrected chi connectivity index (χ4v) is 3.18. The molecule has 0 aromatic carbocycles. The fourth-order valence-electron chi connectivity index (χ4n) is 1.86. The quantitative estimate of drug-likeness (QED) is 0.788. The molecule has 0 fully saturated rings. The van der Waals surface area contributed by atoms with Gasteiger partial charge >= 0.3 is 5.97 Å². The van der Waals surface area contributed by atoms with E-state index >= 15 is 0 Å². The Morgan fingerprint density at radius 2 is 2.20 bits per heavy atom. The largest absolute Gasteiger partial charge is 0.464 e. The summed E-state index contributed by atoms with van der Waals surface area (Å²) in [5, 5.41) is 9.01. The molecule has 2 aromatic rings. The molecule has 2 heterocycles. The molecule has 0 bridgehead atoms. The van der Waals surface area contributed by atoms with E-state index in [1.807, 2.05) is 20.1 Å². The molecule has 8 heteroatoms. The van der Waals surface area contributed by atoms with Crippen LogP contribution in [0.3, 0.4) is 0 Å². The van der Waals surface area contributed by atoms with E-state index in [1.165, 1.54) is 18.4 Å². The number of methoxy groups -OCH3 is 1. The molecule has 6 nitrogen and oxygen atoms in total. The standard InChI is InChI=1S/C12H16N4O2S2/c1-7-11(20-8(2)13-7)10-9(12(17)18-3)14-15-16(10)5-6-19-4/h5-6H2,1-4H3. The first-order valence-electron chi connectivity index (χ1n) is 6.03. The van der Waals surface area contributed by atoms with Crippen molar-refractivity contribution >= 4 is 29.1 Å². The number of nitrogens with zero attached hydrogens (tertiary/aromatic N) is 4. The number of rotatable bonds is 5. The van der Waals surface area contributed by atoms with E-state index in [4.69, 9.17) is 4.74 Å². The molecular weight excluding hydrogens is 296 g/mol. The van der Waals surface area contributed by atoms with Gasteiger partial charge in [-0.2, -0.15) is 11.8 Å². The van der Waals surface area contributed by atoms with Crippen LogP contribution in [-0.2, 0) is 11.3 Å². The van der Waals surface area contributed by atoms with Crippen molar-refractivity contribution in [2.45, 2.75) is 20.4 Å². The number of aromatic nitrogens is 4. The summed E-state index contributed by atoms with van der Waals surface area (Å²) >= 11 is 3.25. The Balaban J connectivity index is 2.54. The molecule has 20 heavy (non-hydrogen) atoms. The Morgan fingerprint density at radius 1 is 1.45 bits per heavy atom. The summed E-state index contributed by atoms with van der Waals surface area (Å²) in [7, 11) is 1.35. The molecule has 0 saturated heterocycles. The zero-order chi connectivity index (χ0) is 14.7. The van der Waals surface area contributed by atoms with E-state index in [0.29, 0.717) is 12.2 Å². The third kappa shape index (κ3) is 2.85. The second kappa shape index (κ2) is 6.36. The van der Waals surface area contributed by atoms with Gasteiger partial charge in [-0.15, -0.1) is 16.4 Å². The number of carbonyl (C=O) groups is 1. The van der Waals surface area contributed by atoms with Gasteiger partial charge in [0.1, 0.15) is 5.69 Å². The van der Waals surface area contributed by atoms with Crippen molar-refractivity contribution < 1.29 is 9.53 Å². The molecule has 0 radical (unpaired) electrons. The zero-order valence-corrected chi connectivity index (χ0v) is 13.5.